The molecule has 0 saturated carbocycles. The lowest BCUT2D eigenvalue weighted by Gasteiger charge is -2.09. The molecule has 1 aliphatic heterocycles. The van der Waals surface area contributed by atoms with Crippen molar-refractivity contribution in [2.75, 3.05) is 13.2 Å². The SMILES string of the molecule is Cc1cccc(CSc2ccc3c(c2)OCCCO3)c1. The minimum absolute atomic E-state index is 0.735. The van der Waals surface area contributed by atoms with E-state index in [1.165, 1.54) is 16.0 Å². The fourth-order valence-electron chi connectivity index (χ4n) is 2.20. The monoisotopic (exact) mass is 286 g/mol. The first kappa shape index (κ1) is 13.4. The summed E-state index contributed by atoms with van der Waals surface area (Å²) in [7, 11) is 0. The van der Waals surface area contributed by atoms with Crippen molar-refractivity contribution in [1.29, 1.82) is 0 Å². The Labute approximate surface area is 124 Å². The van der Waals surface area contributed by atoms with Gasteiger partial charge in [0.05, 0.1) is 13.2 Å². The topological polar surface area (TPSA) is 18.5 Å². The molecule has 0 fully saturated rings. The van der Waals surface area contributed by atoms with Crippen LogP contribution in [-0.4, -0.2) is 13.2 Å². The van der Waals surface area contributed by atoms with Gasteiger partial charge in [-0.2, -0.15) is 0 Å². The molecule has 0 spiro atoms. The van der Waals surface area contributed by atoms with E-state index in [2.05, 4.69) is 43.3 Å². The number of fused-ring (bicyclic) bond motifs is 1. The van der Waals surface area contributed by atoms with Crippen LogP contribution in [0.5, 0.6) is 11.5 Å². The smallest absolute Gasteiger partial charge is 0.162 e. The van der Waals surface area contributed by atoms with Gasteiger partial charge < -0.3 is 9.47 Å². The average Bonchev–Trinajstić information content (AvgIpc) is 2.70. The van der Waals surface area contributed by atoms with Crippen molar-refractivity contribution >= 4 is 11.8 Å². The van der Waals surface area contributed by atoms with Crippen LogP contribution < -0.4 is 9.47 Å². The minimum atomic E-state index is 0.735. The number of ether oxygens (including phenoxy) is 2. The molecule has 2 nitrogen and oxygen atoms in total. The van der Waals surface area contributed by atoms with Gasteiger partial charge in [-0.15, -0.1) is 11.8 Å². The normalized spacial score (nSPS) is 13.8. The number of benzene rings is 2. The highest BCUT2D eigenvalue weighted by atomic mass is 32.2. The van der Waals surface area contributed by atoms with Crippen LogP contribution in [-0.2, 0) is 5.75 Å². The molecule has 2 aromatic carbocycles. The van der Waals surface area contributed by atoms with Crippen molar-refractivity contribution in [3.63, 3.8) is 0 Å². The Morgan fingerprint density at radius 1 is 1.00 bits per heavy atom. The standard InChI is InChI=1S/C17H18O2S/c1-13-4-2-5-14(10-13)12-20-15-6-7-16-17(11-15)19-9-3-8-18-16/h2,4-7,10-11H,3,8-9,12H2,1H3. The van der Waals surface area contributed by atoms with E-state index in [-0.39, 0.29) is 0 Å². The highest BCUT2D eigenvalue weighted by Crippen LogP contribution is 2.34. The molecule has 0 aliphatic carbocycles. The molecule has 0 atom stereocenters. The predicted octanol–water partition coefficient (Wildman–Crippen LogP) is 4.45. The second-order valence-electron chi connectivity index (χ2n) is 4.94. The molecule has 0 radical (unpaired) electrons. The third-order valence-corrected chi connectivity index (χ3v) is 4.27. The molecule has 2 aromatic rings. The number of aryl methyl sites for hydroxylation is 1. The van der Waals surface area contributed by atoms with E-state index in [1.54, 1.807) is 0 Å². The van der Waals surface area contributed by atoms with Crippen LogP contribution in [0, 0.1) is 6.92 Å². The van der Waals surface area contributed by atoms with E-state index in [1.807, 2.05) is 17.8 Å². The van der Waals surface area contributed by atoms with Crippen molar-refractivity contribution in [3.05, 3.63) is 53.6 Å². The van der Waals surface area contributed by atoms with Crippen molar-refractivity contribution < 1.29 is 9.47 Å². The van der Waals surface area contributed by atoms with Gasteiger partial charge in [0.25, 0.3) is 0 Å². The summed E-state index contributed by atoms with van der Waals surface area (Å²) in [6.45, 7) is 3.60. The molecule has 0 aromatic heterocycles. The molecule has 0 unspecified atom stereocenters. The van der Waals surface area contributed by atoms with E-state index < -0.39 is 0 Å². The molecular formula is C17H18O2S. The third-order valence-electron chi connectivity index (χ3n) is 3.21. The molecule has 0 amide bonds. The first-order valence-corrected chi connectivity index (χ1v) is 7.88. The summed E-state index contributed by atoms with van der Waals surface area (Å²) in [5.74, 6) is 2.71. The maximum Gasteiger partial charge on any atom is 0.162 e. The Kier molecular flexibility index (Phi) is 4.16. The van der Waals surface area contributed by atoms with Gasteiger partial charge in [0, 0.05) is 17.1 Å². The zero-order chi connectivity index (χ0) is 13.8. The van der Waals surface area contributed by atoms with Gasteiger partial charge in [-0.3, -0.25) is 0 Å². The Bertz CT molecular complexity index is 595. The molecule has 1 aliphatic rings. The van der Waals surface area contributed by atoms with Crippen LogP contribution in [0.25, 0.3) is 0 Å². The minimum Gasteiger partial charge on any atom is -0.490 e. The quantitative estimate of drug-likeness (QED) is 0.777. The maximum absolute atomic E-state index is 5.72. The molecule has 0 bridgehead atoms. The van der Waals surface area contributed by atoms with E-state index in [0.717, 1.165) is 36.9 Å². The average molecular weight is 286 g/mol. The molecular weight excluding hydrogens is 268 g/mol. The fourth-order valence-corrected chi connectivity index (χ4v) is 3.07. The number of hydrogen-bond donors (Lipinski definition) is 0. The summed E-state index contributed by atoms with van der Waals surface area (Å²) in [4.78, 5) is 1.22. The van der Waals surface area contributed by atoms with Gasteiger partial charge >= 0.3 is 0 Å². The zero-order valence-electron chi connectivity index (χ0n) is 11.6. The van der Waals surface area contributed by atoms with Crippen LogP contribution in [0.3, 0.4) is 0 Å². The first-order valence-electron chi connectivity index (χ1n) is 6.89. The second-order valence-corrected chi connectivity index (χ2v) is 5.99. The molecule has 0 saturated heterocycles. The zero-order valence-corrected chi connectivity index (χ0v) is 12.4. The molecule has 104 valence electrons. The van der Waals surface area contributed by atoms with Gasteiger partial charge in [-0.1, -0.05) is 29.8 Å². The highest BCUT2D eigenvalue weighted by Gasteiger charge is 2.10. The summed E-state index contributed by atoms with van der Waals surface area (Å²) in [5.41, 5.74) is 2.66. The highest BCUT2D eigenvalue weighted by molar-refractivity contribution is 7.98. The Morgan fingerprint density at radius 3 is 2.70 bits per heavy atom. The number of rotatable bonds is 3. The molecule has 3 rings (SSSR count). The van der Waals surface area contributed by atoms with Crippen LogP contribution >= 0.6 is 11.8 Å². The summed E-state index contributed by atoms with van der Waals surface area (Å²) < 4.78 is 11.4. The van der Waals surface area contributed by atoms with E-state index >= 15 is 0 Å². The lowest BCUT2D eigenvalue weighted by molar-refractivity contribution is 0.297. The van der Waals surface area contributed by atoms with Crippen molar-refractivity contribution in [2.45, 2.75) is 24.0 Å². The van der Waals surface area contributed by atoms with Crippen LogP contribution in [0.15, 0.2) is 47.4 Å². The van der Waals surface area contributed by atoms with Crippen LogP contribution in [0.1, 0.15) is 17.5 Å². The van der Waals surface area contributed by atoms with Crippen molar-refractivity contribution in [3.8, 4) is 11.5 Å². The summed E-state index contributed by atoms with van der Waals surface area (Å²) in [6, 6.07) is 14.8. The van der Waals surface area contributed by atoms with Crippen molar-refractivity contribution in [2.24, 2.45) is 0 Å². The lowest BCUT2D eigenvalue weighted by Crippen LogP contribution is -1.97. The summed E-state index contributed by atoms with van der Waals surface area (Å²) in [5, 5.41) is 0. The van der Waals surface area contributed by atoms with Gasteiger partial charge in [0.1, 0.15) is 0 Å². The van der Waals surface area contributed by atoms with Gasteiger partial charge in [0.15, 0.2) is 11.5 Å². The number of thioether (sulfide) groups is 1. The summed E-state index contributed by atoms with van der Waals surface area (Å²) in [6.07, 6.45) is 0.945. The Hall–Kier alpha value is -1.61. The number of hydrogen-bond acceptors (Lipinski definition) is 3. The van der Waals surface area contributed by atoms with Crippen LogP contribution in [0.2, 0.25) is 0 Å². The fraction of sp³-hybridized carbons (Fsp3) is 0.294. The Morgan fingerprint density at radius 2 is 1.85 bits per heavy atom. The molecule has 3 heteroatoms. The van der Waals surface area contributed by atoms with E-state index in [9.17, 15) is 0 Å². The largest absolute Gasteiger partial charge is 0.490 e. The summed E-state index contributed by atoms with van der Waals surface area (Å²) >= 11 is 1.83. The second kappa shape index (κ2) is 6.23. The lowest BCUT2D eigenvalue weighted by atomic mass is 10.2. The van der Waals surface area contributed by atoms with Gasteiger partial charge in [-0.05, 0) is 30.7 Å². The predicted molar refractivity (Wildman–Crippen MR) is 82.8 cm³/mol. The third kappa shape index (κ3) is 3.28. The van der Waals surface area contributed by atoms with Gasteiger partial charge in [-0.25, -0.2) is 0 Å². The Balaban J connectivity index is 1.70. The van der Waals surface area contributed by atoms with Gasteiger partial charge in [0.2, 0.25) is 0 Å². The first-order chi connectivity index (χ1) is 9.81. The molecule has 20 heavy (non-hydrogen) atoms. The van der Waals surface area contributed by atoms with Crippen molar-refractivity contribution in [1.82, 2.24) is 0 Å². The molecule has 0 N–H and O–H groups in total. The van der Waals surface area contributed by atoms with E-state index in [4.69, 9.17) is 9.47 Å². The maximum atomic E-state index is 5.72. The van der Waals surface area contributed by atoms with Crippen LogP contribution in [0.4, 0.5) is 0 Å². The molecule has 1 heterocycles. The van der Waals surface area contributed by atoms with E-state index in [0.29, 0.717) is 0 Å².